The van der Waals surface area contributed by atoms with E-state index in [0.29, 0.717) is 31.7 Å². The lowest BCUT2D eigenvalue weighted by Gasteiger charge is -2.13. The van der Waals surface area contributed by atoms with E-state index in [1.54, 1.807) is 31.2 Å². The van der Waals surface area contributed by atoms with E-state index in [0.717, 1.165) is 5.56 Å². The monoisotopic (exact) mass is 440 g/mol. The van der Waals surface area contributed by atoms with Gasteiger partial charge in [0.05, 0.1) is 21.0 Å². The van der Waals surface area contributed by atoms with E-state index in [1.807, 2.05) is 29.8 Å². The summed E-state index contributed by atoms with van der Waals surface area (Å²) in [6.07, 6.45) is 0. The minimum absolute atomic E-state index is 0.202. The Hall–Kier alpha value is -1.73. The molecule has 1 heterocycles. The molecule has 1 N–H and O–H groups in total. The molecule has 0 fully saturated rings. The molecule has 5 nitrogen and oxygen atoms in total. The molecule has 140 valence electrons. The van der Waals surface area contributed by atoms with Crippen molar-refractivity contribution >= 4 is 58.2 Å². The molecule has 1 aromatic heterocycles. The first-order valence-electron chi connectivity index (χ1n) is 7.93. The predicted molar refractivity (Wildman–Crippen MR) is 112 cm³/mol. The zero-order valence-corrected chi connectivity index (χ0v) is 17.5. The average molecular weight is 442 g/mol. The Morgan fingerprint density at radius 3 is 2.56 bits per heavy atom. The summed E-state index contributed by atoms with van der Waals surface area (Å²) >= 11 is 19.5. The SMILES string of the molecule is CC(Sc1nnc(-c2ccccc2Cl)n1C)C(=O)Nc1ccc(Cl)cc1Cl. The van der Waals surface area contributed by atoms with Gasteiger partial charge in [0.2, 0.25) is 5.91 Å². The van der Waals surface area contributed by atoms with Crippen molar-refractivity contribution in [3.8, 4) is 11.4 Å². The van der Waals surface area contributed by atoms with Crippen LogP contribution in [0.15, 0.2) is 47.6 Å². The van der Waals surface area contributed by atoms with Crippen molar-refractivity contribution in [1.82, 2.24) is 14.8 Å². The van der Waals surface area contributed by atoms with Crippen LogP contribution in [0.5, 0.6) is 0 Å². The summed E-state index contributed by atoms with van der Waals surface area (Å²) in [6, 6.07) is 12.3. The summed E-state index contributed by atoms with van der Waals surface area (Å²) in [7, 11) is 1.84. The molecule has 0 aliphatic rings. The molecular formula is C18H15Cl3N4OS. The smallest absolute Gasteiger partial charge is 0.237 e. The van der Waals surface area contributed by atoms with Crippen molar-refractivity contribution in [2.45, 2.75) is 17.3 Å². The van der Waals surface area contributed by atoms with Gasteiger partial charge in [0, 0.05) is 17.6 Å². The minimum atomic E-state index is -0.418. The van der Waals surface area contributed by atoms with Crippen LogP contribution in [0, 0.1) is 0 Å². The summed E-state index contributed by atoms with van der Waals surface area (Å²) in [6.45, 7) is 1.79. The Labute approximate surface area is 176 Å². The zero-order valence-electron chi connectivity index (χ0n) is 14.4. The second kappa shape index (κ2) is 8.52. The Morgan fingerprint density at radius 1 is 1.11 bits per heavy atom. The van der Waals surface area contributed by atoms with Gasteiger partial charge in [-0.15, -0.1) is 10.2 Å². The molecule has 0 radical (unpaired) electrons. The van der Waals surface area contributed by atoms with Crippen LogP contribution >= 0.6 is 46.6 Å². The van der Waals surface area contributed by atoms with Crippen LogP contribution in [0.3, 0.4) is 0 Å². The molecule has 0 spiro atoms. The van der Waals surface area contributed by atoms with E-state index < -0.39 is 5.25 Å². The van der Waals surface area contributed by atoms with Crippen LogP contribution in [-0.4, -0.2) is 25.9 Å². The van der Waals surface area contributed by atoms with E-state index in [4.69, 9.17) is 34.8 Å². The fourth-order valence-corrected chi connectivity index (χ4v) is 3.82. The van der Waals surface area contributed by atoms with Crippen LogP contribution in [-0.2, 0) is 11.8 Å². The standard InChI is InChI=1S/C18H15Cl3N4OS/c1-10(17(26)22-15-8-7-11(19)9-14(15)21)27-18-24-23-16(25(18)2)12-5-3-4-6-13(12)20/h3-10H,1-2H3,(H,22,26). The van der Waals surface area contributed by atoms with Gasteiger partial charge in [0.25, 0.3) is 0 Å². The molecule has 27 heavy (non-hydrogen) atoms. The van der Waals surface area contributed by atoms with E-state index in [9.17, 15) is 4.79 Å². The minimum Gasteiger partial charge on any atom is -0.324 e. The van der Waals surface area contributed by atoms with Crippen molar-refractivity contribution in [2.75, 3.05) is 5.32 Å². The number of carbonyl (C=O) groups excluding carboxylic acids is 1. The maximum absolute atomic E-state index is 12.5. The molecule has 2 aromatic carbocycles. The van der Waals surface area contributed by atoms with Crippen molar-refractivity contribution in [3.05, 3.63) is 57.5 Å². The van der Waals surface area contributed by atoms with Gasteiger partial charge in [-0.2, -0.15) is 0 Å². The van der Waals surface area contributed by atoms with Gasteiger partial charge in [-0.05, 0) is 37.3 Å². The molecule has 3 aromatic rings. The number of thioether (sulfide) groups is 1. The van der Waals surface area contributed by atoms with Gasteiger partial charge < -0.3 is 9.88 Å². The highest BCUT2D eigenvalue weighted by Crippen LogP contribution is 2.31. The molecule has 0 saturated carbocycles. The second-order valence-electron chi connectivity index (χ2n) is 5.72. The highest BCUT2D eigenvalue weighted by molar-refractivity contribution is 8.00. The number of halogens is 3. The highest BCUT2D eigenvalue weighted by Gasteiger charge is 2.20. The van der Waals surface area contributed by atoms with E-state index in [-0.39, 0.29) is 5.91 Å². The van der Waals surface area contributed by atoms with E-state index in [2.05, 4.69) is 15.5 Å². The van der Waals surface area contributed by atoms with Gasteiger partial charge in [0.15, 0.2) is 11.0 Å². The molecule has 1 atom stereocenters. The maximum Gasteiger partial charge on any atom is 0.237 e. The van der Waals surface area contributed by atoms with Crippen molar-refractivity contribution in [1.29, 1.82) is 0 Å². The number of amides is 1. The predicted octanol–water partition coefficient (Wildman–Crippen LogP) is 5.56. The average Bonchev–Trinajstić information content (AvgIpc) is 2.98. The van der Waals surface area contributed by atoms with Crippen LogP contribution in [0.4, 0.5) is 5.69 Å². The van der Waals surface area contributed by atoms with E-state index in [1.165, 1.54) is 11.8 Å². The van der Waals surface area contributed by atoms with Crippen molar-refractivity contribution in [2.24, 2.45) is 7.05 Å². The summed E-state index contributed by atoms with van der Waals surface area (Å²) < 4.78 is 1.81. The third kappa shape index (κ3) is 4.58. The van der Waals surface area contributed by atoms with Crippen LogP contribution in [0.25, 0.3) is 11.4 Å². The number of aromatic nitrogens is 3. The molecular weight excluding hydrogens is 427 g/mol. The molecule has 1 amide bonds. The molecule has 9 heteroatoms. The number of carbonyl (C=O) groups is 1. The molecule has 0 saturated heterocycles. The van der Waals surface area contributed by atoms with Gasteiger partial charge in [-0.3, -0.25) is 4.79 Å². The van der Waals surface area contributed by atoms with Crippen LogP contribution in [0.1, 0.15) is 6.92 Å². The lowest BCUT2D eigenvalue weighted by Crippen LogP contribution is -2.23. The maximum atomic E-state index is 12.5. The van der Waals surface area contributed by atoms with Gasteiger partial charge >= 0.3 is 0 Å². The van der Waals surface area contributed by atoms with E-state index >= 15 is 0 Å². The van der Waals surface area contributed by atoms with Gasteiger partial charge in [0.1, 0.15) is 0 Å². The van der Waals surface area contributed by atoms with Crippen LogP contribution in [0.2, 0.25) is 15.1 Å². The van der Waals surface area contributed by atoms with Crippen molar-refractivity contribution < 1.29 is 4.79 Å². The number of anilines is 1. The number of rotatable bonds is 5. The fourth-order valence-electron chi connectivity index (χ4n) is 2.33. The fraction of sp³-hybridized carbons (Fsp3) is 0.167. The molecule has 0 aliphatic carbocycles. The van der Waals surface area contributed by atoms with Crippen molar-refractivity contribution in [3.63, 3.8) is 0 Å². The normalized spacial score (nSPS) is 12.0. The second-order valence-corrected chi connectivity index (χ2v) is 8.28. The molecule has 3 rings (SSSR count). The Balaban J connectivity index is 1.73. The Kier molecular flexibility index (Phi) is 6.32. The van der Waals surface area contributed by atoms with Gasteiger partial charge in [-0.1, -0.05) is 58.7 Å². The first-order chi connectivity index (χ1) is 12.9. The summed E-state index contributed by atoms with van der Waals surface area (Å²) in [5.74, 6) is 0.433. The first kappa shape index (κ1) is 20.0. The number of hydrogen-bond acceptors (Lipinski definition) is 4. The molecule has 0 bridgehead atoms. The lowest BCUT2D eigenvalue weighted by atomic mass is 10.2. The number of hydrogen-bond donors (Lipinski definition) is 1. The topological polar surface area (TPSA) is 59.8 Å². The number of nitrogens with zero attached hydrogens (tertiary/aromatic N) is 3. The van der Waals surface area contributed by atoms with Crippen LogP contribution < -0.4 is 5.32 Å². The first-order valence-corrected chi connectivity index (χ1v) is 9.95. The summed E-state index contributed by atoms with van der Waals surface area (Å²) in [5.41, 5.74) is 1.29. The number of benzene rings is 2. The Bertz CT molecular complexity index is 992. The lowest BCUT2D eigenvalue weighted by molar-refractivity contribution is -0.115. The summed E-state index contributed by atoms with van der Waals surface area (Å²) in [4.78, 5) is 12.5. The largest absolute Gasteiger partial charge is 0.324 e. The zero-order chi connectivity index (χ0) is 19.6. The highest BCUT2D eigenvalue weighted by atomic mass is 35.5. The Morgan fingerprint density at radius 2 is 1.85 bits per heavy atom. The number of nitrogens with one attached hydrogen (secondary N) is 1. The molecule has 1 unspecified atom stereocenters. The third-order valence-corrected chi connectivity index (χ3v) is 5.80. The third-order valence-electron chi connectivity index (χ3n) is 3.79. The molecule has 0 aliphatic heterocycles. The quantitative estimate of drug-likeness (QED) is 0.526. The van der Waals surface area contributed by atoms with Gasteiger partial charge in [-0.25, -0.2) is 0 Å². The summed E-state index contributed by atoms with van der Waals surface area (Å²) in [5, 5.41) is 12.9.